The fraction of sp³-hybridized carbons (Fsp3) is 0.444. The maximum atomic E-state index is 15.0. The molecule has 3 heterocycles. The van der Waals surface area contributed by atoms with Crippen LogP contribution in [0.15, 0.2) is 48.5 Å². The van der Waals surface area contributed by atoms with E-state index in [4.69, 9.17) is 21.6 Å². The van der Waals surface area contributed by atoms with Crippen LogP contribution >= 0.6 is 11.6 Å². The minimum atomic E-state index is -0.653. The average molecular weight is 688 g/mol. The molecule has 2 aromatic carbocycles. The van der Waals surface area contributed by atoms with Gasteiger partial charge in [0.15, 0.2) is 11.5 Å². The summed E-state index contributed by atoms with van der Waals surface area (Å²) >= 11 is 6.21. The predicted octanol–water partition coefficient (Wildman–Crippen LogP) is 4.60. The van der Waals surface area contributed by atoms with Gasteiger partial charge in [-0.15, -0.1) is 10.2 Å². The average Bonchev–Trinajstić information content (AvgIpc) is 3.07. The molecule has 256 valence electrons. The Morgan fingerprint density at radius 3 is 2.41 bits per heavy atom. The minimum absolute atomic E-state index is 0.203. The maximum absolute atomic E-state index is 15.0. The fourth-order valence-electron chi connectivity index (χ4n) is 7.75. The number of halogens is 2. The van der Waals surface area contributed by atoms with Gasteiger partial charge in [-0.05, 0) is 42.3 Å². The highest BCUT2D eigenvalue weighted by molar-refractivity contribution is 6.31. The third-order valence-corrected chi connectivity index (χ3v) is 10.4. The molecule has 2 saturated heterocycles. The van der Waals surface area contributed by atoms with Crippen LogP contribution in [0, 0.1) is 28.0 Å². The lowest BCUT2D eigenvalue weighted by atomic mass is 9.49. The van der Waals surface area contributed by atoms with E-state index in [9.17, 15) is 18.8 Å². The Morgan fingerprint density at radius 1 is 1.06 bits per heavy atom. The number of piperidine rings is 1. The Bertz CT molecular complexity index is 1800. The molecule has 2 N–H and O–H groups in total. The number of ether oxygens (including phenoxy) is 1. The molecule has 2 aliphatic heterocycles. The van der Waals surface area contributed by atoms with E-state index in [1.807, 2.05) is 39.8 Å². The van der Waals surface area contributed by atoms with Crippen molar-refractivity contribution in [2.24, 2.45) is 10.8 Å². The highest BCUT2D eigenvalue weighted by Crippen LogP contribution is 2.55. The topological polar surface area (TPSA) is 141 Å². The second-order valence-electron chi connectivity index (χ2n) is 14.2. The molecule has 3 fully saturated rings. The molecule has 49 heavy (non-hydrogen) atoms. The van der Waals surface area contributed by atoms with Gasteiger partial charge in [0.1, 0.15) is 23.7 Å². The molecule has 3 aliphatic rings. The lowest BCUT2D eigenvalue weighted by Crippen LogP contribution is -2.74. The van der Waals surface area contributed by atoms with Gasteiger partial charge in [0.05, 0.1) is 16.5 Å². The summed E-state index contributed by atoms with van der Waals surface area (Å²) in [4.78, 5) is 41.3. The molecule has 1 aromatic heterocycles. The Labute approximate surface area is 289 Å². The maximum Gasteiger partial charge on any atom is 0.272 e. The van der Waals surface area contributed by atoms with Crippen LogP contribution in [-0.4, -0.2) is 71.1 Å². The number of nitrogens with zero attached hydrogens (tertiary/aromatic N) is 5. The van der Waals surface area contributed by atoms with E-state index in [0.717, 1.165) is 18.7 Å². The van der Waals surface area contributed by atoms with Gasteiger partial charge in [-0.25, -0.2) is 4.39 Å². The summed E-state index contributed by atoms with van der Waals surface area (Å²) < 4.78 is 21.3. The van der Waals surface area contributed by atoms with Crippen LogP contribution in [0.1, 0.15) is 73.6 Å². The number of nitriles is 1. The quantitative estimate of drug-likeness (QED) is 0.325. The van der Waals surface area contributed by atoms with Crippen LogP contribution in [0.2, 0.25) is 5.02 Å². The van der Waals surface area contributed by atoms with Crippen LogP contribution in [-0.2, 0) is 16.1 Å². The minimum Gasteiger partial charge on any atom is -0.489 e. The number of rotatable bonds is 8. The van der Waals surface area contributed by atoms with Crippen molar-refractivity contribution >= 4 is 35.1 Å². The SMILES string of the molecule is CC1(C)C(NC(=O)c2ccc(N3CCN(Cc4ccc(C5CCC(=O)NC5=O)c(F)c4)CC3)nn2)C(C)(C)C1Oc1ccc(C#N)c(Cl)c1. The molecule has 11 nitrogen and oxygen atoms in total. The molecule has 1 saturated carbocycles. The molecule has 6 rings (SSSR count). The number of aromatic nitrogens is 2. The van der Waals surface area contributed by atoms with E-state index in [0.29, 0.717) is 53.8 Å². The lowest BCUT2D eigenvalue weighted by molar-refractivity contribution is -0.164. The van der Waals surface area contributed by atoms with Gasteiger partial charge in [0, 0.05) is 67.6 Å². The van der Waals surface area contributed by atoms with Crippen molar-refractivity contribution in [3.63, 3.8) is 0 Å². The van der Waals surface area contributed by atoms with E-state index >= 15 is 0 Å². The molecular formula is C36H39ClFN7O4. The number of benzene rings is 2. The highest BCUT2D eigenvalue weighted by Gasteiger charge is 2.64. The number of hydrogen-bond acceptors (Lipinski definition) is 9. The van der Waals surface area contributed by atoms with Gasteiger partial charge in [-0.1, -0.05) is 51.4 Å². The summed E-state index contributed by atoms with van der Waals surface area (Å²) in [5.74, 6) is -0.932. The van der Waals surface area contributed by atoms with Gasteiger partial charge in [0.25, 0.3) is 5.91 Å². The lowest BCUT2D eigenvalue weighted by Gasteiger charge is -2.63. The van der Waals surface area contributed by atoms with Crippen molar-refractivity contribution in [3.05, 3.63) is 81.8 Å². The number of amides is 3. The molecule has 3 amide bonds. The van der Waals surface area contributed by atoms with Gasteiger partial charge in [-0.3, -0.25) is 24.6 Å². The molecule has 13 heteroatoms. The second kappa shape index (κ2) is 13.4. The zero-order valence-electron chi connectivity index (χ0n) is 27.9. The van der Waals surface area contributed by atoms with Crippen molar-refractivity contribution in [3.8, 4) is 11.8 Å². The normalized spacial score (nSPS) is 23.2. The highest BCUT2D eigenvalue weighted by atomic mass is 35.5. The number of carbonyl (C=O) groups excluding carboxylic acids is 3. The zero-order valence-corrected chi connectivity index (χ0v) is 28.7. The first-order valence-corrected chi connectivity index (χ1v) is 16.8. The summed E-state index contributed by atoms with van der Waals surface area (Å²) in [6.07, 6.45) is 0.287. The second-order valence-corrected chi connectivity index (χ2v) is 14.6. The largest absolute Gasteiger partial charge is 0.489 e. The number of nitrogens with one attached hydrogen (secondary N) is 2. The van der Waals surface area contributed by atoms with Crippen LogP contribution in [0.25, 0.3) is 0 Å². The van der Waals surface area contributed by atoms with Crippen molar-refractivity contribution in [1.82, 2.24) is 25.7 Å². The van der Waals surface area contributed by atoms with E-state index in [-0.39, 0.29) is 36.1 Å². The monoisotopic (exact) mass is 687 g/mol. The molecular weight excluding hydrogens is 649 g/mol. The summed E-state index contributed by atoms with van der Waals surface area (Å²) in [5, 5.41) is 23.5. The molecule has 0 radical (unpaired) electrons. The van der Waals surface area contributed by atoms with E-state index < -0.39 is 28.5 Å². The zero-order chi connectivity index (χ0) is 35.1. The molecule has 0 spiro atoms. The number of piperazine rings is 1. The number of anilines is 1. The summed E-state index contributed by atoms with van der Waals surface area (Å²) in [6, 6.07) is 15.3. The van der Waals surface area contributed by atoms with Gasteiger partial charge in [0.2, 0.25) is 11.8 Å². The first-order chi connectivity index (χ1) is 23.3. The molecule has 1 aliphatic carbocycles. The Balaban J connectivity index is 1.01. The Hall–Kier alpha value is -4.60. The first kappa shape index (κ1) is 34.3. The van der Waals surface area contributed by atoms with Crippen LogP contribution < -0.4 is 20.3 Å². The van der Waals surface area contributed by atoms with E-state index in [2.05, 4.69) is 30.6 Å². The van der Waals surface area contributed by atoms with E-state index in [1.165, 1.54) is 6.07 Å². The third-order valence-electron chi connectivity index (χ3n) is 10.1. The van der Waals surface area contributed by atoms with Crippen LogP contribution in [0.4, 0.5) is 10.2 Å². The Kier molecular flexibility index (Phi) is 9.35. The van der Waals surface area contributed by atoms with Crippen molar-refractivity contribution in [2.75, 3.05) is 31.1 Å². The van der Waals surface area contributed by atoms with Gasteiger partial charge < -0.3 is 15.0 Å². The summed E-state index contributed by atoms with van der Waals surface area (Å²) in [6.45, 7) is 11.6. The van der Waals surface area contributed by atoms with Gasteiger partial charge in [-0.2, -0.15) is 5.26 Å². The molecule has 3 aromatic rings. The Morgan fingerprint density at radius 2 is 1.80 bits per heavy atom. The number of imide groups is 1. The van der Waals surface area contributed by atoms with Crippen LogP contribution in [0.5, 0.6) is 5.75 Å². The van der Waals surface area contributed by atoms with Crippen molar-refractivity contribution in [1.29, 1.82) is 5.26 Å². The standard InChI is InChI=1S/C36H39ClFN7O4/c1-35(2)33(36(3,4)34(35)49-23-7-6-22(19-39)26(37)18-23)41-32(48)28-10-11-29(43-42-28)45-15-13-44(14-16-45)20-21-5-8-24(27(38)17-21)25-9-12-30(46)40-31(25)47/h5-8,10-11,17-18,25,33-34H,9,12-16,20H2,1-4H3,(H,41,48)(H,40,46,47). The first-order valence-electron chi connectivity index (χ1n) is 16.4. The van der Waals surface area contributed by atoms with E-state index in [1.54, 1.807) is 36.4 Å². The molecule has 1 atom stereocenters. The summed E-state index contributed by atoms with van der Waals surface area (Å²) in [5.41, 5.74) is 0.915. The van der Waals surface area contributed by atoms with Crippen molar-refractivity contribution < 1.29 is 23.5 Å². The van der Waals surface area contributed by atoms with Gasteiger partial charge >= 0.3 is 0 Å². The fourth-order valence-corrected chi connectivity index (χ4v) is 7.96. The van der Waals surface area contributed by atoms with Crippen LogP contribution in [0.3, 0.4) is 0 Å². The van der Waals surface area contributed by atoms with Crippen molar-refractivity contribution in [2.45, 2.75) is 65.1 Å². The number of hydrogen-bond donors (Lipinski definition) is 2. The number of carbonyl (C=O) groups is 3. The third kappa shape index (κ3) is 6.82. The molecule has 0 bridgehead atoms. The smallest absolute Gasteiger partial charge is 0.272 e. The predicted molar refractivity (Wildman–Crippen MR) is 180 cm³/mol. The molecule has 1 unspecified atom stereocenters. The summed E-state index contributed by atoms with van der Waals surface area (Å²) in [7, 11) is 0.